The second-order valence-corrected chi connectivity index (χ2v) is 29.5. The van der Waals surface area contributed by atoms with Gasteiger partial charge in [0, 0.05) is 6.42 Å². The van der Waals surface area contributed by atoms with Gasteiger partial charge in [0.05, 0.1) is 39.9 Å². The fourth-order valence-corrected chi connectivity index (χ4v) is 12.2. The summed E-state index contributed by atoms with van der Waals surface area (Å²) in [7, 11) is 1.55. The maximum atomic E-state index is 13.1. The van der Waals surface area contributed by atoms with Crippen molar-refractivity contribution in [3.63, 3.8) is 0 Å². The number of hydrogen-bond acceptors (Lipinski definition) is 5. The maximum absolute atomic E-state index is 13.1. The van der Waals surface area contributed by atoms with E-state index in [0.29, 0.717) is 17.4 Å². The van der Waals surface area contributed by atoms with E-state index in [0.717, 1.165) is 96.3 Å². The number of carbonyl (C=O) groups is 1. The molecule has 0 aromatic rings. The normalized spacial score (nSPS) is 14.2. The third-order valence-electron chi connectivity index (χ3n) is 17.6. The van der Waals surface area contributed by atoms with Crippen molar-refractivity contribution in [2.75, 3.05) is 40.9 Å². The zero-order chi connectivity index (χ0) is 69.0. The largest absolute Gasteiger partial charge is 0.472 e. The predicted molar refractivity (Wildman–Crippen MR) is 419 cm³/mol. The van der Waals surface area contributed by atoms with Gasteiger partial charge in [-0.3, -0.25) is 13.8 Å². The van der Waals surface area contributed by atoms with Crippen LogP contribution in [-0.2, 0) is 18.4 Å². The lowest BCUT2D eigenvalue weighted by Gasteiger charge is -2.25. The maximum Gasteiger partial charge on any atom is 0.472 e. The van der Waals surface area contributed by atoms with Gasteiger partial charge in [0.25, 0.3) is 0 Å². The van der Waals surface area contributed by atoms with Crippen LogP contribution in [0.4, 0.5) is 0 Å². The average Bonchev–Trinajstić information content (AvgIpc) is 2.01. The van der Waals surface area contributed by atoms with Gasteiger partial charge in [-0.05, 0) is 109 Å². The number of unbranched alkanes of at least 4 members (excludes halogenated alkanes) is 40. The van der Waals surface area contributed by atoms with Crippen LogP contribution in [0.5, 0.6) is 0 Å². The van der Waals surface area contributed by atoms with E-state index in [9.17, 15) is 19.4 Å². The quantitative estimate of drug-likeness (QED) is 0.0243. The first-order chi connectivity index (χ1) is 46.5. The molecule has 0 saturated carbocycles. The van der Waals surface area contributed by atoms with Crippen LogP contribution < -0.4 is 5.32 Å². The highest BCUT2D eigenvalue weighted by molar-refractivity contribution is 7.47. The Morgan fingerprint density at radius 3 is 0.968 bits per heavy atom. The zero-order valence-electron chi connectivity index (χ0n) is 62.9. The summed E-state index contributed by atoms with van der Waals surface area (Å²) >= 11 is 0. The number of nitrogens with zero attached hydrogens (tertiary/aromatic N) is 1. The molecule has 0 aliphatic rings. The molecule has 0 bridgehead atoms. The summed E-state index contributed by atoms with van der Waals surface area (Å²) in [5.74, 6) is -0.191. The van der Waals surface area contributed by atoms with Gasteiger partial charge in [-0.25, -0.2) is 4.57 Å². The number of carbonyl (C=O) groups excluding carboxylic acids is 1. The predicted octanol–water partition coefficient (Wildman–Crippen LogP) is 26.5. The first kappa shape index (κ1) is 91.6. The Morgan fingerprint density at radius 2 is 0.642 bits per heavy atom. The van der Waals surface area contributed by atoms with E-state index in [1.807, 2.05) is 27.2 Å². The summed E-state index contributed by atoms with van der Waals surface area (Å²) in [6, 6.07) is -0.879. The number of phosphoric ester groups is 1. The second kappa shape index (κ2) is 74.9. The van der Waals surface area contributed by atoms with Crippen molar-refractivity contribution in [2.45, 2.75) is 366 Å². The van der Waals surface area contributed by atoms with Crippen molar-refractivity contribution in [1.82, 2.24) is 5.32 Å². The SMILES string of the molecule is CC/C=C\C/C=C\C/C=C\C/C=C\C/C=C\C/C=C\C/C=C\C/C=C\CCCCCCCCCCCCCCCCCCC(=O)NC(COP(=O)(O)OCC[N+](C)(C)C)C(O)/C=C/CC/C=C/CC/C=C/CCCCCCCCCCCCCCCCCCCCCCCC. The van der Waals surface area contributed by atoms with Crippen molar-refractivity contribution in [1.29, 1.82) is 0 Å². The Bertz CT molecular complexity index is 2020. The number of allylic oxidation sites excluding steroid dienone is 21. The third-order valence-corrected chi connectivity index (χ3v) is 18.6. The van der Waals surface area contributed by atoms with Crippen molar-refractivity contribution in [3.05, 3.63) is 134 Å². The minimum atomic E-state index is -4.38. The fourth-order valence-electron chi connectivity index (χ4n) is 11.4. The molecule has 0 fully saturated rings. The molecule has 95 heavy (non-hydrogen) atoms. The summed E-state index contributed by atoms with van der Waals surface area (Å²) in [5, 5.41) is 14.0. The number of rotatable bonds is 73. The highest BCUT2D eigenvalue weighted by Crippen LogP contribution is 2.43. The Labute approximate surface area is 589 Å². The Kier molecular flexibility index (Phi) is 72.2. The van der Waals surface area contributed by atoms with Gasteiger partial charge in [0.2, 0.25) is 5.91 Å². The van der Waals surface area contributed by atoms with Crippen LogP contribution in [-0.4, -0.2) is 73.4 Å². The van der Waals surface area contributed by atoms with Crippen LogP contribution in [0.25, 0.3) is 0 Å². The molecule has 9 heteroatoms. The standard InChI is InChI=1S/C86H153N2O6P/c1-6-8-10-12-14-16-18-20-22-24-26-28-30-32-34-36-38-40-41-42-43-44-45-46-47-48-50-52-54-56-58-60-62-64-66-68-70-72-74-76-78-80-86(90)87-84(83-94-95(91,92)93-82-81-88(3,4)5)85(89)79-77-75-73-71-69-67-65-63-61-59-57-55-53-51-49-39-37-35-33-31-29-27-25-23-21-19-17-15-13-11-9-7-2/h8,10,14,16,20,22,26,28,32,34,38,40,42-43,45-46,61,63,69,71,77,79,84-85,89H,6-7,9,11-13,15,17-19,21,23-25,27,29-31,33,35-37,39,41,44,47-60,62,64-68,70,72-76,78,80-83H2,1-5H3,(H-,87,90,91,92)/p+1/b10-8-,16-14-,22-20-,28-26-,34-32-,40-38-,43-42-,46-45-,63-61+,71-69+,79-77+. The van der Waals surface area contributed by atoms with E-state index in [-0.39, 0.29) is 19.1 Å². The third kappa shape index (κ3) is 77.9. The van der Waals surface area contributed by atoms with Gasteiger partial charge in [-0.2, -0.15) is 0 Å². The van der Waals surface area contributed by atoms with Gasteiger partial charge in [-0.15, -0.1) is 0 Å². The van der Waals surface area contributed by atoms with E-state index in [4.69, 9.17) is 9.05 Å². The van der Waals surface area contributed by atoms with E-state index in [1.54, 1.807) is 6.08 Å². The molecule has 3 N–H and O–H groups in total. The van der Waals surface area contributed by atoms with Crippen LogP contribution in [0.2, 0.25) is 0 Å². The van der Waals surface area contributed by atoms with Crippen LogP contribution in [0.3, 0.4) is 0 Å². The molecule has 0 aromatic carbocycles. The van der Waals surface area contributed by atoms with Gasteiger partial charge in [0.15, 0.2) is 0 Å². The molecule has 0 radical (unpaired) electrons. The lowest BCUT2D eigenvalue weighted by Crippen LogP contribution is -2.45. The molecule has 0 aromatic heterocycles. The average molecular weight is 1340 g/mol. The number of aliphatic hydroxyl groups excluding tert-OH is 1. The first-order valence-corrected chi connectivity index (χ1v) is 41.6. The van der Waals surface area contributed by atoms with Crippen molar-refractivity contribution in [3.8, 4) is 0 Å². The number of likely N-dealkylation sites (N-methyl/N-ethyl adjacent to an activating group) is 1. The van der Waals surface area contributed by atoms with Gasteiger partial charge in [-0.1, -0.05) is 372 Å². The summed E-state index contributed by atoms with van der Waals surface area (Å²) in [4.78, 5) is 23.5. The number of phosphoric acid groups is 1. The molecule has 3 atom stereocenters. The monoisotopic (exact) mass is 1340 g/mol. The molecular weight excluding hydrogens is 1190 g/mol. The van der Waals surface area contributed by atoms with Crippen LogP contribution in [0, 0.1) is 0 Å². The summed E-state index contributed by atoms with van der Waals surface area (Å²) in [6.45, 7) is 4.70. The van der Waals surface area contributed by atoms with Crippen LogP contribution >= 0.6 is 7.82 Å². The van der Waals surface area contributed by atoms with Crippen molar-refractivity contribution >= 4 is 13.7 Å². The highest BCUT2D eigenvalue weighted by atomic mass is 31.2. The topological polar surface area (TPSA) is 105 Å². The lowest BCUT2D eigenvalue weighted by molar-refractivity contribution is -0.870. The smallest absolute Gasteiger partial charge is 0.387 e. The molecule has 8 nitrogen and oxygen atoms in total. The van der Waals surface area contributed by atoms with Crippen molar-refractivity contribution < 1.29 is 32.9 Å². The molecule has 3 unspecified atom stereocenters. The molecule has 0 aliphatic carbocycles. The Hall–Kier alpha value is -3.36. The molecular formula is C86H154N2O6P+. The number of aliphatic hydroxyl groups is 1. The number of amides is 1. The number of quaternary nitrogens is 1. The highest BCUT2D eigenvalue weighted by Gasteiger charge is 2.28. The molecule has 1 amide bonds. The number of hydrogen-bond donors (Lipinski definition) is 3. The van der Waals surface area contributed by atoms with E-state index in [2.05, 4.69) is 141 Å². The molecule has 548 valence electrons. The molecule has 0 rings (SSSR count). The first-order valence-electron chi connectivity index (χ1n) is 40.1. The second-order valence-electron chi connectivity index (χ2n) is 28.0. The summed E-state index contributed by atoms with van der Waals surface area (Å²) in [5.41, 5.74) is 0. The van der Waals surface area contributed by atoms with Gasteiger partial charge >= 0.3 is 7.82 Å². The minimum absolute atomic E-state index is 0.0495. The minimum Gasteiger partial charge on any atom is -0.387 e. The lowest BCUT2D eigenvalue weighted by atomic mass is 10.0. The zero-order valence-corrected chi connectivity index (χ0v) is 63.8. The summed E-state index contributed by atoms with van der Waals surface area (Å²) < 4.78 is 23.9. The van der Waals surface area contributed by atoms with E-state index >= 15 is 0 Å². The molecule has 0 heterocycles. The van der Waals surface area contributed by atoms with E-state index in [1.165, 1.54) is 238 Å². The molecule has 0 saturated heterocycles. The Morgan fingerprint density at radius 1 is 0.368 bits per heavy atom. The fraction of sp³-hybridized carbons (Fsp3) is 0.733. The molecule has 0 aliphatic heterocycles. The summed E-state index contributed by atoms with van der Waals surface area (Å²) in [6.07, 6.45) is 114. The van der Waals surface area contributed by atoms with Crippen molar-refractivity contribution in [2.24, 2.45) is 0 Å². The van der Waals surface area contributed by atoms with E-state index < -0.39 is 20.0 Å². The van der Waals surface area contributed by atoms with Gasteiger partial charge in [0.1, 0.15) is 13.2 Å². The number of nitrogens with one attached hydrogen (secondary N) is 1. The van der Waals surface area contributed by atoms with Crippen LogP contribution in [0.15, 0.2) is 134 Å². The Balaban J connectivity index is 4.06. The van der Waals surface area contributed by atoms with Crippen LogP contribution in [0.1, 0.15) is 354 Å². The molecule has 0 spiro atoms. The van der Waals surface area contributed by atoms with Gasteiger partial charge < -0.3 is 19.8 Å².